The van der Waals surface area contributed by atoms with Crippen LogP contribution in [0, 0.1) is 5.92 Å². The Morgan fingerprint density at radius 1 is 1.48 bits per heavy atom. The van der Waals surface area contributed by atoms with Gasteiger partial charge in [-0.1, -0.05) is 11.6 Å². The Hall–Kier alpha value is -0.970. The summed E-state index contributed by atoms with van der Waals surface area (Å²) in [5.74, 6) is 1.64. The fourth-order valence-corrected chi connectivity index (χ4v) is 3.09. The van der Waals surface area contributed by atoms with Gasteiger partial charge in [-0.15, -0.1) is 0 Å². The summed E-state index contributed by atoms with van der Waals surface area (Å²) in [4.78, 5) is 2.34. The largest absolute Gasteiger partial charge is 0.493 e. The number of likely N-dealkylation sites (tertiary alicyclic amines) is 1. The third-order valence-corrected chi connectivity index (χ3v) is 4.26. The quantitative estimate of drug-likeness (QED) is 0.877. The Morgan fingerprint density at radius 2 is 2.24 bits per heavy atom. The molecule has 2 rings (SSSR count). The lowest BCUT2D eigenvalue weighted by molar-refractivity contribution is 0.127. The summed E-state index contributed by atoms with van der Waals surface area (Å²) in [6, 6.07) is 3.91. The van der Waals surface area contributed by atoms with Gasteiger partial charge in [0.25, 0.3) is 0 Å². The third-order valence-electron chi connectivity index (χ3n) is 3.98. The van der Waals surface area contributed by atoms with Crippen molar-refractivity contribution in [3.05, 3.63) is 22.7 Å². The van der Waals surface area contributed by atoms with Gasteiger partial charge in [-0.05, 0) is 50.4 Å². The molecule has 0 bridgehead atoms. The van der Waals surface area contributed by atoms with Crippen molar-refractivity contribution in [2.45, 2.75) is 32.9 Å². The molecule has 4 nitrogen and oxygen atoms in total. The lowest BCUT2D eigenvalue weighted by atomic mass is 10.0. The van der Waals surface area contributed by atoms with Crippen molar-refractivity contribution >= 4 is 11.6 Å². The number of aliphatic hydroxyl groups is 1. The van der Waals surface area contributed by atoms with Crippen LogP contribution in [0.1, 0.15) is 25.8 Å². The van der Waals surface area contributed by atoms with E-state index in [2.05, 4.69) is 4.90 Å². The first kappa shape index (κ1) is 16.4. The van der Waals surface area contributed by atoms with Crippen LogP contribution >= 0.6 is 11.6 Å². The lowest BCUT2D eigenvalue weighted by Crippen LogP contribution is -2.24. The molecule has 2 atom stereocenters. The summed E-state index contributed by atoms with van der Waals surface area (Å²) in [6.45, 7) is 7.08. The summed E-state index contributed by atoms with van der Waals surface area (Å²) >= 11 is 6.29. The highest BCUT2D eigenvalue weighted by atomic mass is 35.5. The average molecular weight is 314 g/mol. The van der Waals surface area contributed by atoms with E-state index in [-0.39, 0.29) is 6.10 Å². The van der Waals surface area contributed by atoms with Crippen molar-refractivity contribution in [2.24, 2.45) is 5.92 Å². The monoisotopic (exact) mass is 313 g/mol. The zero-order chi connectivity index (χ0) is 15.4. The Morgan fingerprint density at radius 3 is 2.81 bits per heavy atom. The number of ether oxygens (including phenoxy) is 2. The van der Waals surface area contributed by atoms with E-state index in [9.17, 15) is 5.11 Å². The fourth-order valence-electron chi connectivity index (χ4n) is 2.81. The van der Waals surface area contributed by atoms with Crippen molar-refractivity contribution in [1.82, 2.24) is 4.90 Å². The van der Waals surface area contributed by atoms with Crippen LogP contribution in [0.15, 0.2) is 12.1 Å². The van der Waals surface area contributed by atoms with Crippen LogP contribution in [-0.4, -0.2) is 42.9 Å². The predicted molar refractivity (Wildman–Crippen MR) is 84.2 cm³/mol. The molecule has 0 amide bonds. The summed E-state index contributed by atoms with van der Waals surface area (Å²) in [5.41, 5.74) is 1.10. The average Bonchev–Trinajstić information content (AvgIpc) is 2.90. The molecular formula is C16H24ClNO3. The van der Waals surface area contributed by atoms with Crippen LogP contribution in [0.25, 0.3) is 0 Å². The SMILES string of the molecule is CCOc1c(Cl)cc(CN2CCC(C(C)O)C2)cc1OC. The van der Waals surface area contributed by atoms with Gasteiger partial charge in [-0.25, -0.2) is 0 Å². The van der Waals surface area contributed by atoms with Crippen LogP contribution in [0.4, 0.5) is 0 Å². The molecule has 118 valence electrons. The maximum Gasteiger partial charge on any atom is 0.179 e. The molecular weight excluding hydrogens is 290 g/mol. The van der Waals surface area contributed by atoms with Crippen molar-refractivity contribution in [1.29, 1.82) is 0 Å². The first-order valence-corrected chi connectivity index (χ1v) is 7.82. The van der Waals surface area contributed by atoms with E-state index in [1.807, 2.05) is 26.0 Å². The summed E-state index contributed by atoms with van der Waals surface area (Å²) < 4.78 is 10.9. The fraction of sp³-hybridized carbons (Fsp3) is 0.625. The smallest absolute Gasteiger partial charge is 0.179 e. The first-order valence-electron chi connectivity index (χ1n) is 7.44. The van der Waals surface area contributed by atoms with Gasteiger partial charge >= 0.3 is 0 Å². The molecule has 2 unspecified atom stereocenters. The minimum Gasteiger partial charge on any atom is -0.493 e. The molecule has 0 aliphatic carbocycles. The minimum absolute atomic E-state index is 0.242. The maximum absolute atomic E-state index is 9.67. The zero-order valence-corrected chi connectivity index (χ0v) is 13.7. The van der Waals surface area contributed by atoms with Gasteiger partial charge in [0.05, 0.1) is 24.8 Å². The highest BCUT2D eigenvalue weighted by Crippen LogP contribution is 2.37. The molecule has 5 heteroatoms. The Labute approximate surface area is 131 Å². The standard InChI is InChI=1S/C16H24ClNO3/c1-4-21-16-14(17)7-12(8-15(16)20-3)9-18-6-5-13(10-18)11(2)19/h7-8,11,13,19H,4-6,9-10H2,1-3H3. The predicted octanol–water partition coefficient (Wildman–Crippen LogP) is 2.95. The molecule has 0 radical (unpaired) electrons. The van der Waals surface area contributed by atoms with Crippen LogP contribution in [0.3, 0.4) is 0 Å². The van der Waals surface area contributed by atoms with Crippen LogP contribution in [0.5, 0.6) is 11.5 Å². The molecule has 1 aliphatic heterocycles. The minimum atomic E-state index is -0.242. The van der Waals surface area contributed by atoms with Gasteiger partial charge in [0.1, 0.15) is 0 Å². The molecule has 1 N–H and O–H groups in total. The Bertz CT molecular complexity index is 479. The number of rotatable bonds is 6. The molecule has 0 spiro atoms. The van der Waals surface area contributed by atoms with E-state index < -0.39 is 0 Å². The number of aliphatic hydroxyl groups excluding tert-OH is 1. The Kier molecular flexibility index (Phi) is 5.73. The molecule has 1 saturated heterocycles. The highest BCUT2D eigenvalue weighted by molar-refractivity contribution is 6.32. The van der Waals surface area contributed by atoms with E-state index in [0.29, 0.717) is 29.0 Å². The molecule has 1 aromatic carbocycles. The van der Waals surface area contributed by atoms with Gasteiger partial charge in [0, 0.05) is 13.1 Å². The zero-order valence-electron chi connectivity index (χ0n) is 12.9. The van der Waals surface area contributed by atoms with E-state index in [1.165, 1.54) is 0 Å². The first-order chi connectivity index (χ1) is 10.0. The van der Waals surface area contributed by atoms with Gasteiger partial charge in [-0.2, -0.15) is 0 Å². The number of benzene rings is 1. The normalized spacial score (nSPS) is 20.5. The van der Waals surface area contributed by atoms with E-state index in [4.69, 9.17) is 21.1 Å². The number of hydrogen-bond donors (Lipinski definition) is 1. The molecule has 21 heavy (non-hydrogen) atoms. The van der Waals surface area contributed by atoms with Crippen LogP contribution in [-0.2, 0) is 6.54 Å². The Balaban J connectivity index is 2.09. The molecule has 1 fully saturated rings. The molecule has 1 aromatic rings. The van der Waals surface area contributed by atoms with Crippen molar-refractivity contribution in [3.63, 3.8) is 0 Å². The van der Waals surface area contributed by atoms with Gasteiger partial charge in [0.15, 0.2) is 11.5 Å². The number of methoxy groups -OCH3 is 1. The molecule has 1 aliphatic rings. The number of halogens is 1. The summed E-state index contributed by atoms with van der Waals surface area (Å²) in [5, 5.41) is 10.3. The van der Waals surface area contributed by atoms with Gasteiger partial charge in [-0.3, -0.25) is 4.90 Å². The maximum atomic E-state index is 9.67. The van der Waals surface area contributed by atoms with E-state index in [1.54, 1.807) is 7.11 Å². The van der Waals surface area contributed by atoms with Crippen LogP contribution < -0.4 is 9.47 Å². The lowest BCUT2D eigenvalue weighted by Gasteiger charge is -2.19. The number of hydrogen-bond acceptors (Lipinski definition) is 4. The second kappa shape index (κ2) is 7.34. The summed E-state index contributed by atoms with van der Waals surface area (Å²) in [6.07, 6.45) is 0.799. The molecule has 0 aromatic heterocycles. The molecule has 0 saturated carbocycles. The number of nitrogens with zero attached hydrogens (tertiary/aromatic N) is 1. The second-order valence-electron chi connectivity index (χ2n) is 5.57. The van der Waals surface area contributed by atoms with Gasteiger partial charge in [0.2, 0.25) is 0 Å². The third kappa shape index (κ3) is 4.02. The molecule has 1 heterocycles. The van der Waals surface area contributed by atoms with E-state index >= 15 is 0 Å². The highest BCUT2D eigenvalue weighted by Gasteiger charge is 2.26. The second-order valence-corrected chi connectivity index (χ2v) is 5.97. The van der Waals surface area contributed by atoms with Gasteiger partial charge < -0.3 is 14.6 Å². The van der Waals surface area contributed by atoms with Crippen molar-refractivity contribution in [2.75, 3.05) is 26.8 Å². The van der Waals surface area contributed by atoms with Crippen molar-refractivity contribution in [3.8, 4) is 11.5 Å². The van der Waals surface area contributed by atoms with Crippen molar-refractivity contribution < 1.29 is 14.6 Å². The van der Waals surface area contributed by atoms with E-state index in [0.717, 1.165) is 31.6 Å². The summed E-state index contributed by atoms with van der Waals surface area (Å²) in [7, 11) is 1.62. The topological polar surface area (TPSA) is 41.9 Å². The van der Waals surface area contributed by atoms with Crippen LogP contribution in [0.2, 0.25) is 5.02 Å².